The second-order valence-corrected chi connectivity index (χ2v) is 7.78. The van der Waals surface area contributed by atoms with Gasteiger partial charge in [-0.05, 0) is 42.5 Å². The van der Waals surface area contributed by atoms with Crippen molar-refractivity contribution in [3.63, 3.8) is 0 Å². The summed E-state index contributed by atoms with van der Waals surface area (Å²) < 4.78 is 31.8. The number of nitrogens with zero attached hydrogens (tertiary/aromatic N) is 1. The lowest BCUT2D eigenvalue weighted by atomic mass is 10.2. The van der Waals surface area contributed by atoms with Crippen LogP contribution >= 0.6 is 11.6 Å². The minimum absolute atomic E-state index is 0.0496. The van der Waals surface area contributed by atoms with E-state index in [1.54, 1.807) is 12.1 Å². The average molecular weight is 398 g/mol. The molecule has 0 spiro atoms. The molecule has 2 rings (SSSR count). The third-order valence-corrected chi connectivity index (χ3v) is 5.22. The summed E-state index contributed by atoms with van der Waals surface area (Å²) in [6.07, 6.45) is 0. The van der Waals surface area contributed by atoms with Crippen LogP contribution in [0.25, 0.3) is 0 Å². The first-order chi connectivity index (χ1) is 12.2. The zero-order valence-electron chi connectivity index (χ0n) is 14.6. The van der Waals surface area contributed by atoms with E-state index in [2.05, 4.69) is 10.0 Å². The maximum Gasteiger partial charge on any atom is 0.241 e. The molecule has 2 aromatic rings. The van der Waals surface area contributed by atoms with E-state index in [4.69, 9.17) is 16.3 Å². The van der Waals surface area contributed by atoms with E-state index in [9.17, 15) is 13.2 Å². The molecule has 0 saturated heterocycles. The summed E-state index contributed by atoms with van der Waals surface area (Å²) in [7, 11) is 1.38. The molecule has 0 heterocycles. The van der Waals surface area contributed by atoms with E-state index in [0.717, 1.165) is 5.69 Å². The molecule has 2 aromatic carbocycles. The highest BCUT2D eigenvalue weighted by Gasteiger charge is 2.17. The van der Waals surface area contributed by atoms with Crippen LogP contribution in [-0.4, -0.2) is 42.1 Å². The molecule has 1 amide bonds. The van der Waals surface area contributed by atoms with Gasteiger partial charge in [0.25, 0.3) is 0 Å². The number of anilines is 2. The zero-order valence-corrected chi connectivity index (χ0v) is 16.2. The Kier molecular flexibility index (Phi) is 6.47. The average Bonchev–Trinajstić information content (AvgIpc) is 2.60. The Bertz CT molecular complexity index is 883. The van der Waals surface area contributed by atoms with Gasteiger partial charge in [0.2, 0.25) is 15.9 Å². The first-order valence-electron chi connectivity index (χ1n) is 7.63. The number of hydrogen-bond donors (Lipinski definition) is 2. The number of ether oxygens (including phenoxy) is 1. The molecule has 26 heavy (non-hydrogen) atoms. The number of benzene rings is 2. The van der Waals surface area contributed by atoms with Gasteiger partial charge in [-0.3, -0.25) is 4.79 Å². The number of nitrogens with one attached hydrogen (secondary N) is 2. The minimum atomic E-state index is -3.87. The van der Waals surface area contributed by atoms with Crippen LogP contribution in [0.15, 0.2) is 47.4 Å². The van der Waals surface area contributed by atoms with E-state index in [1.165, 1.54) is 25.3 Å². The van der Waals surface area contributed by atoms with Crippen molar-refractivity contribution >= 4 is 38.9 Å². The van der Waals surface area contributed by atoms with Gasteiger partial charge in [-0.15, -0.1) is 0 Å². The normalized spacial score (nSPS) is 11.1. The molecule has 0 aliphatic heterocycles. The van der Waals surface area contributed by atoms with Gasteiger partial charge in [-0.1, -0.05) is 11.6 Å². The second-order valence-electron chi connectivity index (χ2n) is 5.61. The molecule has 0 radical (unpaired) electrons. The Morgan fingerprint density at radius 2 is 1.81 bits per heavy atom. The molecule has 0 fully saturated rings. The Morgan fingerprint density at radius 3 is 2.35 bits per heavy atom. The first-order valence-corrected chi connectivity index (χ1v) is 9.49. The molecular formula is C17H20ClN3O4S. The van der Waals surface area contributed by atoms with E-state index in [1.807, 2.05) is 31.1 Å². The zero-order chi connectivity index (χ0) is 19.3. The van der Waals surface area contributed by atoms with Crippen molar-refractivity contribution in [2.75, 3.05) is 38.0 Å². The van der Waals surface area contributed by atoms with E-state index in [-0.39, 0.29) is 9.92 Å². The van der Waals surface area contributed by atoms with E-state index in [0.29, 0.717) is 11.4 Å². The quantitative estimate of drug-likeness (QED) is 0.748. The smallest absolute Gasteiger partial charge is 0.241 e. The van der Waals surface area contributed by atoms with E-state index >= 15 is 0 Å². The number of rotatable bonds is 7. The van der Waals surface area contributed by atoms with Gasteiger partial charge in [0.05, 0.1) is 23.6 Å². The van der Waals surface area contributed by atoms with Crippen LogP contribution in [0.4, 0.5) is 11.4 Å². The number of sulfonamides is 1. The van der Waals surface area contributed by atoms with Gasteiger partial charge in [0.1, 0.15) is 5.75 Å². The molecule has 140 valence electrons. The minimum Gasteiger partial charge on any atom is -0.495 e. The molecule has 0 atom stereocenters. The van der Waals surface area contributed by atoms with Crippen LogP contribution in [-0.2, 0) is 14.8 Å². The van der Waals surface area contributed by atoms with Gasteiger partial charge in [0.15, 0.2) is 0 Å². The number of amides is 1. The van der Waals surface area contributed by atoms with Crippen molar-refractivity contribution in [1.82, 2.24) is 4.72 Å². The largest absolute Gasteiger partial charge is 0.495 e. The van der Waals surface area contributed by atoms with Gasteiger partial charge < -0.3 is 15.0 Å². The molecule has 0 aliphatic carbocycles. The molecule has 2 N–H and O–H groups in total. The fourth-order valence-corrected chi connectivity index (χ4v) is 3.44. The topological polar surface area (TPSA) is 87.7 Å². The Morgan fingerprint density at radius 1 is 1.15 bits per heavy atom. The maximum atomic E-state index is 12.3. The number of hydrogen-bond acceptors (Lipinski definition) is 5. The molecule has 0 aliphatic rings. The summed E-state index contributed by atoms with van der Waals surface area (Å²) in [6, 6.07) is 11.2. The van der Waals surface area contributed by atoms with Crippen molar-refractivity contribution in [3.05, 3.63) is 47.5 Å². The third-order valence-electron chi connectivity index (χ3n) is 3.52. The number of halogens is 1. The van der Waals surface area contributed by atoms with Crippen molar-refractivity contribution in [2.45, 2.75) is 4.90 Å². The fraction of sp³-hybridized carbons (Fsp3) is 0.235. The lowest BCUT2D eigenvalue weighted by molar-refractivity contribution is -0.115. The SMILES string of the molecule is COc1ccc(S(=O)(=O)NCC(=O)Nc2ccc(N(C)C)cc2)cc1Cl. The van der Waals surface area contributed by atoms with Gasteiger partial charge >= 0.3 is 0 Å². The molecule has 7 nitrogen and oxygen atoms in total. The van der Waals surface area contributed by atoms with E-state index < -0.39 is 22.5 Å². The van der Waals surface area contributed by atoms with Crippen LogP contribution in [0, 0.1) is 0 Å². The number of methoxy groups -OCH3 is 1. The highest BCUT2D eigenvalue weighted by Crippen LogP contribution is 2.26. The molecular weight excluding hydrogens is 378 g/mol. The lowest BCUT2D eigenvalue weighted by Gasteiger charge is -2.13. The number of carbonyl (C=O) groups is 1. The van der Waals surface area contributed by atoms with Crippen LogP contribution in [0.1, 0.15) is 0 Å². The molecule has 0 saturated carbocycles. The Labute approximate surface area is 158 Å². The van der Waals surface area contributed by atoms with Gasteiger partial charge in [0, 0.05) is 25.5 Å². The van der Waals surface area contributed by atoms with Gasteiger partial charge in [-0.25, -0.2) is 13.1 Å². The standard InChI is InChI=1S/C17H20ClN3O4S/c1-21(2)13-6-4-12(5-7-13)20-17(22)11-19-26(23,24)14-8-9-16(25-3)15(18)10-14/h4-10,19H,11H2,1-3H3,(H,20,22). The Balaban J connectivity index is 1.98. The summed E-state index contributed by atoms with van der Waals surface area (Å²) in [5.41, 5.74) is 1.56. The summed E-state index contributed by atoms with van der Waals surface area (Å²) >= 11 is 5.94. The van der Waals surface area contributed by atoms with Crippen LogP contribution in [0.2, 0.25) is 5.02 Å². The van der Waals surface area contributed by atoms with Crippen LogP contribution in [0.3, 0.4) is 0 Å². The van der Waals surface area contributed by atoms with Crippen molar-refractivity contribution in [1.29, 1.82) is 0 Å². The molecule has 0 unspecified atom stereocenters. The lowest BCUT2D eigenvalue weighted by Crippen LogP contribution is -2.32. The molecule has 0 aromatic heterocycles. The Hall–Kier alpha value is -2.29. The van der Waals surface area contributed by atoms with Crippen molar-refractivity contribution in [2.24, 2.45) is 0 Å². The first kappa shape index (κ1) is 20.0. The summed E-state index contributed by atoms with van der Waals surface area (Å²) in [5.74, 6) is -0.115. The highest BCUT2D eigenvalue weighted by molar-refractivity contribution is 7.89. The van der Waals surface area contributed by atoms with Crippen LogP contribution < -0.4 is 19.7 Å². The molecule has 0 bridgehead atoms. The summed E-state index contributed by atoms with van der Waals surface area (Å²) in [4.78, 5) is 13.9. The summed E-state index contributed by atoms with van der Waals surface area (Å²) in [6.45, 7) is -0.401. The third kappa shape index (κ3) is 5.10. The fourth-order valence-electron chi connectivity index (χ4n) is 2.11. The van der Waals surface area contributed by atoms with Crippen LogP contribution in [0.5, 0.6) is 5.75 Å². The predicted molar refractivity (Wildman–Crippen MR) is 103 cm³/mol. The summed E-state index contributed by atoms with van der Waals surface area (Å²) in [5, 5.41) is 2.80. The highest BCUT2D eigenvalue weighted by atomic mass is 35.5. The van der Waals surface area contributed by atoms with Crippen molar-refractivity contribution < 1.29 is 17.9 Å². The van der Waals surface area contributed by atoms with Crippen molar-refractivity contribution in [3.8, 4) is 5.75 Å². The second kappa shape index (κ2) is 8.39. The van der Waals surface area contributed by atoms with Gasteiger partial charge in [-0.2, -0.15) is 0 Å². The number of carbonyl (C=O) groups excluding carboxylic acids is 1. The molecule has 9 heteroatoms. The maximum absolute atomic E-state index is 12.3. The monoisotopic (exact) mass is 397 g/mol. The predicted octanol–water partition coefficient (Wildman–Crippen LogP) is 2.33.